The van der Waals surface area contributed by atoms with Gasteiger partial charge in [-0.2, -0.15) is 0 Å². The molecule has 0 bridgehead atoms. The summed E-state index contributed by atoms with van der Waals surface area (Å²) >= 11 is 1.69. The molecule has 6 heteroatoms. The molecule has 2 aromatic heterocycles. The SMILES string of the molecule is O=c1c2c(n3c(SCc4ccccc4)nnc3n1Cc1ccccc1)-c1ccccc1CC21CCCCC1. The highest BCUT2D eigenvalue weighted by molar-refractivity contribution is 7.98. The summed E-state index contributed by atoms with van der Waals surface area (Å²) in [4.78, 5) is 14.6. The predicted octanol–water partition coefficient (Wildman–Crippen LogP) is 6.66. The van der Waals surface area contributed by atoms with Crippen LogP contribution in [0.5, 0.6) is 0 Å². The van der Waals surface area contributed by atoms with Gasteiger partial charge in [0.15, 0.2) is 5.16 Å². The molecule has 0 amide bonds. The first-order valence-electron chi connectivity index (χ1n) is 13.5. The third kappa shape index (κ3) is 3.90. The molecule has 0 aliphatic heterocycles. The van der Waals surface area contributed by atoms with Crippen molar-refractivity contribution < 1.29 is 0 Å². The third-order valence-corrected chi connectivity index (χ3v) is 9.31. The van der Waals surface area contributed by atoms with Crippen LogP contribution >= 0.6 is 11.8 Å². The van der Waals surface area contributed by atoms with Crippen LogP contribution < -0.4 is 5.56 Å². The zero-order valence-corrected chi connectivity index (χ0v) is 22.2. The molecule has 38 heavy (non-hydrogen) atoms. The van der Waals surface area contributed by atoms with E-state index in [0.29, 0.717) is 12.3 Å². The number of hydrogen-bond donors (Lipinski definition) is 0. The van der Waals surface area contributed by atoms with Gasteiger partial charge in [-0.25, -0.2) is 0 Å². The van der Waals surface area contributed by atoms with Gasteiger partial charge in [-0.05, 0) is 36.0 Å². The maximum absolute atomic E-state index is 14.6. The van der Waals surface area contributed by atoms with Crippen LogP contribution in [0.2, 0.25) is 0 Å². The molecule has 5 nitrogen and oxygen atoms in total. The Balaban J connectivity index is 1.50. The molecule has 1 saturated carbocycles. The molecule has 0 saturated heterocycles. The lowest BCUT2D eigenvalue weighted by Gasteiger charge is -2.42. The fourth-order valence-corrected chi connectivity index (χ4v) is 7.43. The number of thioether (sulfide) groups is 1. The van der Waals surface area contributed by atoms with E-state index in [0.717, 1.165) is 65.4 Å². The Bertz CT molecular complexity index is 1670. The monoisotopic (exact) mass is 518 g/mol. The van der Waals surface area contributed by atoms with Crippen LogP contribution in [0.1, 0.15) is 54.4 Å². The Hall–Kier alpha value is -3.64. The van der Waals surface area contributed by atoms with Gasteiger partial charge in [0.25, 0.3) is 5.56 Å². The van der Waals surface area contributed by atoms with E-state index in [2.05, 4.69) is 75.3 Å². The van der Waals surface area contributed by atoms with Crippen molar-refractivity contribution in [1.29, 1.82) is 0 Å². The molecule has 0 unspecified atom stereocenters. The Morgan fingerprint density at radius 1 is 0.789 bits per heavy atom. The fourth-order valence-electron chi connectivity index (χ4n) is 6.54. The van der Waals surface area contributed by atoms with Crippen molar-refractivity contribution >= 4 is 17.5 Å². The van der Waals surface area contributed by atoms with E-state index in [1.165, 1.54) is 17.5 Å². The topological polar surface area (TPSA) is 52.2 Å². The van der Waals surface area contributed by atoms with Gasteiger partial charge >= 0.3 is 0 Å². The maximum atomic E-state index is 14.6. The van der Waals surface area contributed by atoms with Crippen LogP contribution in [-0.4, -0.2) is 19.2 Å². The van der Waals surface area contributed by atoms with Gasteiger partial charge in [0.2, 0.25) is 5.78 Å². The van der Waals surface area contributed by atoms with Gasteiger partial charge in [0, 0.05) is 22.3 Å². The predicted molar refractivity (Wildman–Crippen MR) is 153 cm³/mol. The summed E-state index contributed by atoms with van der Waals surface area (Å²) in [6.07, 6.45) is 6.59. The Morgan fingerprint density at radius 3 is 2.24 bits per heavy atom. The number of rotatable bonds is 5. The van der Waals surface area contributed by atoms with Gasteiger partial charge in [0.05, 0.1) is 12.2 Å². The minimum absolute atomic E-state index is 0.0970. The lowest BCUT2D eigenvalue weighted by atomic mass is 9.62. The molecule has 0 N–H and O–H groups in total. The Kier molecular flexibility index (Phi) is 5.92. The van der Waals surface area contributed by atoms with Crippen molar-refractivity contribution in [1.82, 2.24) is 19.2 Å². The molecule has 0 atom stereocenters. The quantitative estimate of drug-likeness (QED) is 0.244. The van der Waals surface area contributed by atoms with Gasteiger partial charge in [-0.15, -0.1) is 10.2 Å². The van der Waals surface area contributed by atoms with E-state index in [-0.39, 0.29) is 11.0 Å². The average Bonchev–Trinajstić information content (AvgIpc) is 3.39. The molecule has 2 aliphatic carbocycles. The van der Waals surface area contributed by atoms with Crippen molar-refractivity contribution in [3.63, 3.8) is 0 Å². The van der Waals surface area contributed by atoms with Crippen LogP contribution in [0.15, 0.2) is 94.9 Å². The molecule has 1 fully saturated rings. The molecular formula is C32H30N4OS. The third-order valence-electron chi connectivity index (χ3n) is 8.31. The van der Waals surface area contributed by atoms with E-state index < -0.39 is 0 Å². The second-order valence-corrected chi connectivity index (χ2v) is 11.6. The number of fused-ring (bicyclic) bond motifs is 6. The molecule has 1 spiro atoms. The average molecular weight is 519 g/mol. The largest absolute Gasteiger partial charge is 0.272 e. The summed E-state index contributed by atoms with van der Waals surface area (Å²) < 4.78 is 4.07. The normalized spacial score (nSPS) is 15.9. The van der Waals surface area contributed by atoms with Crippen LogP contribution in [0, 0.1) is 0 Å². The smallest absolute Gasteiger partial charge is 0.259 e. The molecule has 190 valence electrons. The molecule has 2 heterocycles. The number of aromatic nitrogens is 4. The van der Waals surface area contributed by atoms with Crippen molar-refractivity contribution in [2.75, 3.05) is 0 Å². The lowest BCUT2D eigenvalue weighted by molar-refractivity contribution is 0.283. The first-order chi connectivity index (χ1) is 18.7. The number of benzene rings is 3. The number of nitrogens with zero attached hydrogens (tertiary/aromatic N) is 4. The van der Waals surface area contributed by atoms with Crippen LogP contribution in [-0.2, 0) is 24.1 Å². The summed E-state index contributed by atoms with van der Waals surface area (Å²) in [5, 5.41) is 10.2. The summed E-state index contributed by atoms with van der Waals surface area (Å²) in [6.45, 7) is 0.482. The highest BCUT2D eigenvalue weighted by Crippen LogP contribution is 2.49. The fraction of sp³-hybridized carbons (Fsp3) is 0.281. The summed E-state index contributed by atoms with van der Waals surface area (Å²) in [5.74, 6) is 1.41. The van der Waals surface area contributed by atoms with E-state index in [1.54, 1.807) is 11.8 Å². The molecule has 2 aliphatic rings. The molecule has 7 rings (SSSR count). The van der Waals surface area contributed by atoms with Crippen molar-refractivity contribution in [3.05, 3.63) is 118 Å². The van der Waals surface area contributed by atoms with Crippen LogP contribution in [0.4, 0.5) is 0 Å². The van der Waals surface area contributed by atoms with E-state index in [1.807, 2.05) is 28.8 Å². The van der Waals surface area contributed by atoms with E-state index in [4.69, 9.17) is 0 Å². The number of hydrogen-bond acceptors (Lipinski definition) is 4. The highest BCUT2D eigenvalue weighted by atomic mass is 32.2. The molecule has 0 radical (unpaired) electrons. The molecule has 5 aromatic rings. The molecular weight excluding hydrogens is 488 g/mol. The minimum Gasteiger partial charge on any atom is -0.272 e. The summed E-state index contributed by atoms with van der Waals surface area (Å²) in [6, 6.07) is 29.3. The summed E-state index contributed by atoms with van der Waals surface area (Å²) in [7, 11) is 0. The van der Waals surface area contributed by atoms with Crippen molar-refractivity contribution in [2.24, 2.45) is 0 Å². The van der Waals surface area contributed by atoms with Gasteiger partial charge in [-0.3, -0.25) is 13.8 Å². The second kappa shape index (κ2) is 9.59. The van der Waals surface area contributed by atoms with E-state index in [9.17, 15) is 4.79 Å². The minimum atomic E-state index is -0.142. The zero-order chi connectivity index (χ0) is 25.5. The highest BCUT2D eigenvalue weighted by Gasteiger charge is 2.44. The van der Waals surface area contributed by atoms with Gasteiger partial charge < -0.3 is 0 Å². The van der Waals surface area contributed by atoms with E-state index >= 15 is 0 Å². The lowest BCUT2D eigenvalue weighted by Crippen LogP contribution is -2.43. The Morgan fingerprint density at radius 2 is 1.47 bits per heavy atom. The summed E-state index contributed by atoms with van der Waals surface area (Å²) in [5.41, 5.74) is 6.75. The standard InChI is InChI=1S/C32H30N4OS/c37-29-27-28(26-17-9-8-16-25(26)20-32(27)18-10-3-11-19-32)36-30(35(29)21-23-12-4-1-5-13-23)33-34-31(36)38-22-24-14-6-2-7-15-24/h1-2,4-9,12-17H,3,10-11,18-22H2. The van der Waals surface area contributed by atoms with Crippen LogP contribution in [0.25, 0.3) is 17.0 Å². The Labute approximate surface area is 226 Å². The maximum Gasteiger partial charge on any atom is 0.259 e. The van der Waals surface area contributed by atoms with Crippen LogP contribution in [0.3, 0.4) is 0 Å². The van der Waals surface area contributed by atoms with Crippen molar-refractivity contribution in [2.45, 2.75) is 61.4 Å². The first kappa shape index (κ1) is 23.5. The first-order valence-corrected chi connectivity index (χ1v) is 14.5. The second-order valence-electron chi connectivity index (χ2n) is 10.7. The van der Waals surface area contributed by atoms with Crippen molar-refractivity contribution in [3.8, 4) is 11.3 Å². The van der Waals surface area contributed by atoms with Gasteiger partial charge in [0.1, 0.15) is 0 Å². The zero-order valence-electron chi connectivity index (χ0n) is 21.3. The molecule has 3 aromatic carbocycles. The van der Waals surface area contributed by atoms with Gasteiger partial charge in [-0.1, -0.05) is 116 Å².